The number of nitrogens with one attached hydrogen (secondary N) is 2. The van der Waals surface area contributed by atoms with Crippen molar-refractivity contribution in [3.05, 3.63) is 46.6 Å². The van der Waals surface area contributed by atoms with Gasteiger partial charge in [0.25, 0.3) is 5.56 Å². The third kappa shape index (κ3) is 3.84. The molecule has 2 aliphatic heterocycles. The van der Waals surface area contributed by atoms with Crippen molar-refractivity contribution in [1.82, 2.24) is 25.0 Å². The minimum atomic E-state index is -0.599. The highest BCUT2D eigenvalue weighted by molar-refractivity contribution is 5.90. The number of rotatable bonds is 4. The van der Waals surface area contributed by atoms with Gasteiger partial charge in [-0.1, -0.05) is 0 Å². The van der Waals surface area contributed by atoms with Crippen molar-refractivity contribution in [2.75, 3.05) is 31.1 Å². The second-order valence-electron chi connectivity index (χ2n) is 8.11. The highest BCUT2D eigenvalue weighted by Crippen LogP contribution is 2.30. The number of halogens is 1. The lowest BCUT2D eigenvalue weighted by Gasteiger charge is -2.14. The van der Waals surface area contributed by atoms with Crippen LogP contribution in [-0.2, 0) is 22.6 Å². The highest BCUT2D eigenvalue weighted by Gasteiger charge is 2.32. The van der Waals surface area contributed by atoms with E-state index < -0.39 is 18.0 Å². The Labute approximate surface area is 187 Å². The van der Waals surface area contributed by atoms with Crippen LogP contribution in [0.25, 0.3) is 22.2 Å². The van der Waals surface area contributed by atoms with Crippen LogP contribution in [0, 0.1) is 5.82 Å². The van der Waals surface area contributed by atoms with Crippen LogP contribution < -0.4 is 21.1 Å². The summed E-state index contributed by atoms with van der Waals surface area (Å²) >= 11 is 0. The smallest absolute Gasteiger partial charge is 0.414 e. The third-order valence-corrected chi connectivity index (χ3v) is 5.90. The molecule has 4 heterocycles. The van der Waals surface area contributed by atoms with Crippen molar-refractivity contribution in [3.8, 4) is 11.1 Å². The molecule has 0 saturated carbocycles. The van der Waals surface area contributed by atoms with Crippen LogP contribution >= 0.6 is 0 Å². The highest BCUT2D eigenvalue weighted by atomic mass is 19.1. The van der Waals surface area contributed by atoms with Gasteiger partial charge in [-0.15, -0.1) is 0 Å². The SMILES string of the molecule is CC(=O)NC[C@H]1CN(c2ccc(-c3cnc4c(c3)c(=O)n3n4CCNCC3)c(F)c2)C(=O)O1. The fraction of sp³-hybridized carbons (Fsp3) is 0.364. The first-order valence-corrected chi connectivity index (χ1v) is 10.7. The number of pyridine rings is 1. The van der Waals surface area contributed by atoms with Crippen molar-refractivity contribution < 1.29 is 18.7 Å². The molecule has 1 aromatic carbocycles. The quantitative estimate of drug-likeness (QED) is 0.610. The molecule has 0 radical (unpaired) electrons. The summed E-state index contributed by atoms with van der Waals surface area (Å²) in [5.74, 6) is -0.766. The van der Waals surface area contributed by atoms with Gasteiger partial charge in [0.05, 0.1) is 37.3 Å². The van der Waals surface area contributed by atoms with Crippen molar-refractivity contribution in [1.29, 1.82) is 0 Å². The summed E-state index contributed by atoms with van der Waals surface area (Å²) in [6.07, 6.45) is 0.446. The van der Waals surface area contributed by atoms with Gasteiger partial charge in [0.1, 0.15) is 11.9 Å². The number of anilines is 1. The lowest BCUT2D eigenvalue weighted by molar-refractivity contribution is -0.119. The zero-order valence-electron chi connectivity index (χ0n) is 18.0. The number of carbonyl (C=O) groups is 2. The van der Waals surface area contributed by atoms with Gasteiger partial charge in [0.15, 0.2) is 5.65 Å². The lowest BCUT2D eigenvalue weighted by atomic mass is 10.1. The number of aromatic nitrogens is 3. The van der Waals surface area contributed by atoms with E-state index in [1.807, 2.05) is 4.68 Å². The standard InChI is InChI=1S/C22H23FN6O4/c1-13(30)25-11-16-12-27(22(32)33-16)15-2-3-17(19(23)9-15)14-8-18-20(26-10-14)28-6-4-24-5-7-29(28)21(18)31/h2-3,8-10,16,24H,4-7,11-12H2,1H3,(H,25,30)/t16-/m0/s1. The second kappa shape index (κ2) is 8.32. The molecule has 1 saturated heterocycles. The van der Waals surface area contributed by atoms with Gasteiger partial charge >= 0.3 is 6.09 Å². The van der Waals surface area contributed by atoms with Crippen LogP contribution in [-0.4, -0.2) is 58.6 Å². The van der Waals surface area contributed by atoms with Gasteiger partial charge in [-0.2, -0.15) is 0 Å². The fourth-order valence-electron chi connectivity index (χ4n) is 4.28. The van der Waals surface area contributed by atoms with Gasteiger partial charge in [0.2, 0.25) is 5.91 Å². The van der Waals surface area contributed by atoms with Gasteiger partial charge in [-0.25, -0.2) is 18.9 Å². The molecule has 11 heteroatoms. The monoisotopic (exact) mass is 454 g/mol. The summed E-state index contributed by atoms with van der Waals surface area (Å²) in [4.78, 5) is 42.0. The van der Waals surface area contributed by atoms with Crippen LogP contribution in [0.5, 0.6) is 0 Å². The largest absolute Gasteiger partial charge is 0.442 e. The molecule has 1 atom stereocenters. The molecule has 2 amide bonds. The van der Waals surface area contributed by atoms with Gasteiger partial charge in [-0.05, 0) is 24.3 Å². The van der Waals surface area contributed by atoms with Crippen LogP contribution in [0.3, 0.4) is 0 Å². The molecule has 0 bridgehead atoms. The Balaban J connectivity index is 1.43. The molecule has 0 aliphatic carbocycles. The lowest BCUT2D eigenvalue weighted by Crippen LogP contribution is -2.33. The predicted molar refractivity (Wildman–Crippen MR) is 119 cm³/mol. The van der Waals surface area contributed by atoms with Crippen molar-refractivity contribution in [2.45, 2.75) is 26.1 Å². The van der Waals surface area contributed by atoms with Crippen LogP contribution in [0.1, 0.15) is 6.92 Å². The maximum Gasteiger partial charge on any atom is 0.414 e. The Hall–Kier alpha value is -3.73. The van der Waals surface area contributed by atoms with E-state index in [0.29, 0.717) is 41.9 Å². The van der Waals surface area contributed by atoms with Gasteiger partial charge in [0, 0.05) is 37.3 Å². The van der Waals surface area contributed by atoms with Crippen molar-refractivity contribution in [2.24, 2.45) is 0 Å². The molecule has 172 valence electrons. The average molecular weight is 454 g/mol. The number of ether oxygens (including phenoxy) is 1. The third-order valence-electron chi connectivity index (χ3n) is 5.90. The minimum absolute atomic E-state index is 0.148. The number of hydrogen-bond acceptors (Lipinski definition) is 6. The number of hydrogen-bond donors (Lipinski definition) is 2. The average Bonchev–Trinajstić information content (AvgIpc) is 3.16. The molecule has 2 aliphatic rings. The van der Waals surface area contributed by atoms with E-state index in [0.717, 1.165) is 6.54 Å². The maximum absolute atomic E-state index is 15.1. The summed E-state index contributed by atoms with van der Waals surface area (Å²) in [5.41, 5.74) is 1.54. The summed E-state index contributed by atoms with van der Waals surface area (Å²) < 4.78 is 23.9. The van der Waals surface area contributed by atoms with Crippen LogP contribution in [0.15, 0.2) is 35.3 Å². The normalized spacial score (nSPS) is 18.2. The first-order chi connectivity index (χ1) is 15.9. The van der Waals surface area contributed by atoms with E-state index in [-0.39, 0.29) is 30.1 Å². The zero-order chi connectivity index (χ0) is 23.1. The summed E-state index contributed by atoms with van der Waals surface area (Å²) in [6.45, 7) is 4.39. The summed E-state index contributed by atoms with van der Waals surface area (Å²) in [6, 6.07) is 6.11. The number of fused-ring (bicyclic) bond motifs is 3. The topological polar surface area (TPSA) is 110 Å². The first kappa shape index (κ1) is 21.1. The van der Waals surface area contributed by atoms with E-state index >= 15 is 4.39 Å². The molecular formula is C22H23FN6O4. The molecule has 0 unspecified atom stereocenters. The Morgan fingerprint density at radius 2 is 2.03 bits per heavy atom. The molecular weight excluding hydrogens is 431 g/mol. The Morgan fingerprint density at radius 1 is 1.24 bits per heavy atom. The van der Waals surface area contributed by atoms with Gasteiger partial charge < -0.3 is 15.4 Å². The predicted octanol–water partition coefficient (Wildman–Crippen LogP) is 1.07. The van der Waals surface area contributed by atoms with Crippen molar-refractivity contribution >= 4 is 28.7 Å². The maximum atomic E-state index is 15.1. The van der Waals surface area contributed by atoms with E-state index in [9.17, 15) is 14.4 Å². The number of benzene rings is 1. The zero-order valence-corrected chi connectivity index (χ0v) is 18.0. The van der Waals surface area contributed by atoms with E-state index in [1.54, 1.807) is 29.1 Å². The molecule has 3 aromatic rings. The minimum Gasteiger partial charge on any atom is -0.442 e. The number of nitrogens with zero attached hydrogens (tertiary/aromatic N) is 4. The molecule has 0 spiro atoms. The van der Waals surface area contributed by atoms with Crippen LogP contribution in [0.4, 0.5) is 14.9 Å². The number of cyclic esters (lactones) is 1. The number of amides is 2. The molecule has 10 nitrogen and oxygen atoms in total. The van der Waals surface area contributed by atoms with E-state index in [4.69, 9.17) is 4.74 Å². The summed E-state index contributed by atoms with van der Waals surface area (Å²) in [5, 5.41) is 6.30. The molecule has 2 N–H and O–H groups in total. The molecule has 5 rings (SSSR count). The van der Waals surface area contributed by atoms with E-state index in [1.165, 1.54) is 17.9 Å². The van der Waals surface area contributed by atoms with E-state index in [2.05, 4.69) is 15.6 Å². The van der Waals surface area contributed by atoms with Crippen molar-refractivity contribution in [3.63, 3.8) is 0 Å². The van der Waals surface area contributed by atoms with Gasteiger partial charge in [-0.3, -0.25) is 19.2 Å². The molecule has 2 aromatic heterocycles. The first-order valence-electron chi connectivity index (χ1n) is 10.7. The fourth-order valence-corrected chi connectivity index (χ4v) is 4.28. The Morgan fingerprint density at radius 3 is 2.79 bits per heavy atom. The number of carbonyl (C=O) groups excluding carboxylic acids is 2. The Bertz CT molecular complexity index is 1320. The molecule has 33 heavy (non-hydrogen) atoms. The summed E-state index contributed by atoms with van der Waals surface area (Å²) in [7, 11) is 0. The molecule has 1 fully saturated rings. The Kier molecular flexibility index (Phi) is 5.33. The second-order valence-corrected chi connectivity index (χ2v) is 8.11. The van der Waals surface area contributed by atoms with Crippen LogP contribution in [0.2, 0.25) is 0 Å².